The van der Waals surface area contributed by atoms with Crippen molar-refractivity contribution in [1.29, 1.82) is 0 Å². The number of piperidine rings is 1. The zero-order valence-electron chi connectivity index (χ0n) is 6.42. The highest BCUT2D eigenvalue weighted by molar-refractivity contribution is 6.13. The Hall–Kier alpha value is -0.340. The van der Waals surface area contributed by atoms with Crippen molar-refractivity contribution < 1.29 is 4.79 Å². The number of hydrogen-bond acceptors (Lipinski definition) is 2. The molecule has 3 heteroatoms. The van der Waals surface area contributed by atoms with Crippen LogP contribution in [0.2, 0.25) is 0 Å². The molecular formula is C8H12ClNO. The smallest absolute Gasteiger partial charge is 0.138 e. The molecule has 0 aromatic heterocycles. The lowest BCUT2D eigenvalue weighted by atomic mass is 9.95. The lowest BCUT2D eigenvalue weighted by Crippen LogP contribution is -2.35. The van der Waals surface area contributed by atoms with E-state index in [9.17, 15) is 4.79 Å². The fourth-order valence-electron chi connectivity index (χ4n) is 1.28. The van der Waals surface area contributed by atoms with E-state index in [4.69, 9.17) is 11.8 Å². The van der Waals surface area contributed by atoms with E-state index in [0.717, 1.165) is 6.42 Å². The van der Waals surface area contributed by atoms with Crippen molar-refractivity contribution in [3.8, 4) is 0 Å². The lowest BCUT2D eigenvalue weighted by Gasteiger charge is -2.25. The molecule has 2 nitrogen and oxygen atoms in total. The van der Waals surface area contributed by atoms with E-state index in [0.29, 0.717) is 25.3 Å². The highest BCUT2D eigenvalue weighted by Crippen LogP contribution is 2.17. The van der Waals surface area contributed by atoms with Crippen LogP contribution in [0.1, 0.15) is 12.8 Å². The minimum atomic E-state index is 0.0822. The number of allylic oxidation sites excluding steroid dienone is 1. The molecule has 0 aliphatic carbocycles. The van der Waals surface area contributed by atoms with Gasteiger partial charge in [-0.05, 0) is 18.2 Å². The molecule has 0 N–H and O–H groups in total. The van der Waals surface area contributed by atoms with Crippen LogP contribution in [0.25, 0.3) is 0 Å². The van der Waals surface area contributed by atoms with E-state index >= 15 is 0 Å². The first-order chi connectivity index (χ1) is 5.24. The largest absolute Gasteiger partial charge is 0.299 e. The van der Waals surface area contributed by atoms with Crippen LogP contribution in [0.3, 0.4) is 0 Å². The lowest BCUT2D eigenvalue weighted by molar-refractivity contribution is -0.124. The third-order valence-corrected chi connectivity index (χ3v) is 2.23. The Labute approximate surface area is 71.9 Å². The standard InChI is InChI=1S/C8H12ClNO/c1-2-3-7-6-10(9)5-4-8(7)11/h2,7H,1,3-6H2. The summed E-state index contributed by atoms with van der Waals surface area (Å²) in [6.07, 6.45) is 3.11. The molecule has 0 spiro atoms. The zero-order chi connectivity index (χ0) is 8.27. The predicted molar refractivity (Wildman–Crippen MR) is 45.4 cm³/mol. The Morgan fingerprint density at radius 1 is 1.82 bits per heavy atom. The molecule has 1 heterocycles. The SMILES string of the molecule is C=CCC1CN(Cl)CCC1=O. The zero-order valence-corrected chi connectivity index (χ0v) is 7.18. The molecule has 11 heavy (non-hydrogen) atoms. The van der Waals surface area contributed by atoms with Gasteiger partial charge in [0.15, 0.2) is 0 Å². The molecular weight excluding hydrogens is 162 g/mol. The third kappa shape index (κ3) is 2.31. The molecule has 1 unspecified atom stereocenters. The second kappa shape index (κ2) is 3.88. The van der Waals surface area contributed by atoms with E-state index < -0.39 is 0 Å². The number of hydrogen-bond donors (Lipinski definition) is 0. The van der Waals surface area contributed by atoms with Crippen molar-refractivity contribution >= 4 is 17.6 Å². The van der Waals surface area contributed by atoms with Gasteiger partial charge in [-0.25, -0.2) is 4.42 Å². The highest BCUT2D eigenvalue weighted by atomic mass is 35.5. The van der Waals surface area contributed by atoms with Gasteiger partial charge in [-0.15, -0.1) is 6.58 Å². The summed E-state index contributed by atoms with van der Waals surface area (Å²) in [5.41, 5.74) is 0. The minimum Gasteiger partial charge on any atom is -0.299 e. The van der Waals surface area contributed by atoms with Gasteiger partial charge in [0.25, 0.3) is 0 Å². The summed E-state index contributed by atoms with van der Waals surface area (Å²) in [4.78, 5) is 11.2. The van der Waals surface area contributed by atoms with E-state index in [1.165, 1.54) is 0 Å². The Morgan fingerprint density at radius 3 is 3.18 bits per heavy atom. The molecule has 1 saturated heterocycles. The topological polar surface area (TPSA) is 20.3 Å². The van der Waals surface area contributed by atoms with Crippen molar-refractivity contribution in [1.82, 2.24) is 4.42 Å². The molecule has 0 bridgehead atoms. The number of rotatable bonds is 2. The molecule has 0 aromatic carbocycles. The summed E-state index contributed by atoms with van der Waals surface area (Å²) in [5, 5.41) is 0. The van der Waals surface area contributed by atoms with Crippen molar-refractivity contribution in [3.63, 3.8) is 0 Å². The molecule has 0 saturated carbocycles. The van der Waals surface area contributed by atoms with E-state index in [2.05, 4.69) is 6.58 Å². The van der Waals surface area contributed by atoms with Crippen LogP contribution in [-0.2, 0) is 4.79 Å². The summed E-state index contributed by atoms with van der Waals surface area (Å²) < 4.78 is 1.68. The summed E-state index contributed by atoms with van der Waals surface area (Å²) in [5.74, 6) is 0.403. The van der Waals surface area contributed by atoms with Crippen LogP contribution in [0.15, 0.2) is 12.7 Å². The summed E-state index contributed by atoms with van der Waals surface area (Å²) in [7, 11) is 0. The minimum absolute atomic E-state index is 0.0822. The molecule has 62 valence electrons. The normalized spacial score (nSPS) is 27.0. The molecule has 1 fully saturated rings. The number of halogens is 1. The summed E-state index contributed by atoms with van der Waals surface area (Å²) >= 11 is 5.76. The van der Waals surface area contributed by atoms with Gasteiger partial charge in [-0.3, -0.25) is 4.79 Å². The van der Waals surface area contributed by atoms with Crippen LogP contribution in [-0.4, -0.2) is 23.3 Å². The predicted octanol–water partition coefficient (Wildman–Crippen LogP) is 1.61. The van der Waals surface area contributed by atoms with Gasteiger partial charge < -0.3 is 0 Å². The van der Waals surface area contributed by atoms with E-state index in [-0.39, 0.29) is 5.92 Å². The Bertz CT molecular complexity index is 169. The number of ketones is 1. The first-order valence-corrected chi connectivity index (χ1v) is 4.12. The quantitative estimate of drug-likeness (QED) is 0.467. The molecule has 1 aliphatic rings. The molecule has 1 aliphatic heterocycles. The van der Waals surface area contributed by atoms with Crippen LogP contribution in [0.5, 0.6) is 0 Å². The van der Waals surface area contributed by atoms with Gasteiger partial charge in [0, 0.05) is 25.4 Å². The maximum Gasteiger partial charge on any atom is 0.138 e. The van der Waals surface area contributed by atoms with Crippen molar-refractivity contribution in [2.75, 3.05) is 13.1 Å². The third-order valence-electron chi connectivity index (χ3n) is 1.93. The summed E-state index contributed by atoms with van der Waals surface area (Å²) in [6, 6.07) is 0. The Balaban J connectivity index is 2.46. The van der Waals surface area contributed by atoms with E-state index in [1.807, 2.05) is 0 Å². The monoisotopic (exact) mass is 173 g/mol. The maximum atomic E-state index is 11.2. The average molecular weight is 174 g/mol. The van der Waals surface area contributed by atoms with Crippen molar-refractivity contribution in [2.45, 2.75) is 12.8 Å². The number of carbonyl (C=O) groups is 1. The molecule has 1 atom stereocenters. The van der Waals surface area contributed by atoms with Crippen molar-refractivity contribution in [2.24, 2.45) is 5.92 Å². The van der Waals surface area contributed by atoms with Gasteiger partial charge in [-0.2, -0.15) is 0 Å². The number of Topliss-reactive ketones (excluding diaryl/α,β-unsaturated/α-hetero) is 1. The maximum absolute atomic E-state index is 11.2. The van der Waals surface area contributed by atoms with Gasteiger partial charge >= 0.3 is 0 Å². The van der Waals surface area contributed by atoms with Gasteiger partial charge in [0.2, 0.25) is 0 Å². The number of carbonyl (C=O) groups excluding carboxylic acids is 1. The van der Waals surface area contributed by atoms with Crippen LogP contribution < -0.4 is 0 Å². The first-order valence-electron chi connectivity index (χ1n) is 3.78. The second-order valence-corrected chi connectivity index (χ2v) is 3.28. The molecule has 0 amide bonds. The molecule has 0 radical (unpaired) electrons. The Kier molecular flexibility index (Phi) is 3.09. The molecule has 0 aromatic rings. The van der Waals surface area contributed by atoms with Gasteiger partial charge in [0.1, 0.15) is 5.78 Å². The summed E-state index contributed by atoms with van der Waals surface area (Å²) in [6.45, 7) is 4.96. The van der Waals surface area contributed by atoms with Crippen molar-refractivity contribution in [3.05, 3.63) is 12.7 Å². The van der Waals surface area contributed by atoms with Crippen LogP contribution >= 0.6 is 11.8 Å². The average Bonchev–Trinajstić information content (AvgIpc) is 1.98. The van der Waals surface area contributed by atoms with Crippen LogP contribution in [0.4, 0.5) is 0 Å². The first kappa shape index (κ1) is 8.75. The fourth-order valence-corrected chi connectivity index (χ4v) is 1.53. The van der Waals surface area contributed by atoms with E-state index in [1.54, 1.807) is 10.5 Å². The van der Waals surface area contributed by atoms with Crippen LogP contribution in [0, 0.1) is 5.92 Å². The van der Waals surface area contributed by atoms with Gasteiger partial charge in [0.05, 0.1) is 0 Å². The Morgan fingerprint density at radius 2 is 2.55 bits per heavy atom. The fraction of sp³-hybridized carbons (Fsp3) is 0.625. The van der Waals surface area contributed by atoms with Gasteiger partial charge in [-0.1, -0.05) is 6.08 Å². The highest BCUT2D eigenvalue weighted by Gasteiger charge is 2.24. The molecule has 1 rings (SSSR count). The number of nitrogens with zero attached hydrogens (tertiary/aromatic N) is 1. The second-order valence-electron chi connectivity index (χ2n) is 2.81.